The summed E-state index contributed by atoms with van der Waals surface area (Å²) < 4.78 is 8.99. The second-order valence-electron chi connectivity index (χ2n) is 8.46. The summed E-state index contributed by atoms with van der Waals surface area (Å²) in [4.78, 5) is 29.0. The first kappa shape index (κ1) is 23.2. The van der Waals surface area contributed by atoms with Gasteiger partial charge in [-0.25, -0.2) is 19.3 Å². The summed E-state index contributed by atoms with van der Waals surface area (Å²) in [6, 6.07) is 13.3. The molecule has 0 fully saturated rings. The Labute approximate surface area is 198 Å². The van der Waals surface area contributed by atoms with Crippen molar-refractivity contribution in [1.82, 2.24) is 29.2 Å². The molecule has 0 unspecified atom stereocenters. The Morgan fingerprint density at radius 1 is 1.15 bits per heavy atom. The average molecular weight is 460 g/mol. The first-order chi connectivity index (χ1) is 16.4. The van der Waals surface area contributed by atoms with E-state index in [0.29, 0.717) is 35.9 Å². The Morgan fingerprint density at radius 2 is 1.91 bits per heavy atom. The Bertz CT molecular complexity index is 1350. The first-order valence-corrected chi connectivity index (χ1v) is 11.1. The Balaban J connectivity index is 1.76. The fraction of sp³-hybridized carbons (Fsp3) is 0.280. The number of hydrogen-bond donors (Lipinski definition) is 1. The van der Waals surface area contributed by atoms with Crippen LogP contribution in [0.4, 0.5) is 11.6 Å². The standard InChI is InChI=1S/C25H29N7O2/c1-6-14-31-24(33)21-15-26-25(28-18-10-12-20(13-11-18)34-17(2)3)29-23(21)32(31)22-9-7-8-19(27-22)16-30(4)5/h6-13,15,17H,1,14,16H2,2-5H3,(H,26,28,29). The Morgan fingerprint density at radius 3 is 2.59 bits per heavy atom. The van der Waals surface area contributed by atoms with Crippen LogP contribution in [-0.4, -0.2) is 49.4 Å². The van der Waals surface area contributed by atoms with Crippen molar-refractivity contribution in [3.05, 3.63) is 77.4 Å². The molecule has 4 aromatic rings. The number of rotatable bonds is 9. The molecule has 0 atom stereocenters. The molecule has 3 aromatic heterocycles. The maximum absolute atomic E-state index is 13.1. The highest BCUT2D eigenvalue weighted by Gasteiger charge is 2.18. The molecule has 0 saturated heterocycles. The molecular weight excluding hydrogens is 430 g/mol. The van der Waals surface area contributed by atoms with Gasteiger partial charge in [-0.15, -0.1) is 6.58 Å². The number of anilines is 2. The largest absolute Gasteiger partial charge is 0.491 e. The number of hydrogen-bond acceptors (Lipinski definition) is 7. The molecule has 0 radical (unpaired) electrons. The van der Waals surface area contributed by atoms with Gasteiger partial charge in [0.1, 0.15) is 11.1 Å². The van der Waals surface area contributed by atoms with Gasteiger partial charge >= 0.3 is 0 Å². The lowest BCUT2D eigenvalue weighted by Gasteiger charge is -2.13. The van der Waals surface area contributed by atoms with Crippen LogP contribution in [0, 0.1) is 0 Å². The maximum Gasteiger partial charge on any atom is 0.278 e. The number of allylic oxidation sites excluding steroid dienone is 1. The van der Waals surface area contributed by atoms with Gasteiger partial charge in [0.05, 0.1) is 18.3 Å². The normalized spacial score (nSPS) is 11.4. The van der Waals surface area contributed by atoms with Gasteiger partial charge in [-0.3, -0.25) is 4.79 Å². The predicted molar refractivity (Wildman–Crippen MR) is 134 cm³/mol. The minimum Gasteiger partial charge on any atom is -0.491 e. The molecule has 0 aliphatic rings. The molecule has 1 N–H and O–H groups in total. The molecule has 0 spiro atoms. The van der Waals surface area contributed by atoms with Crippen LogP contribution in [0.1, 0.15) is 19.5 Å². The van der Waals surface area contributed by atoms with Gasteiger partial charge in [-0.1, -0.05) is 12.1 Å². The summed E-state index contributed by atoms with van der Waals surface area (Å²) in [5.74, 6) is 1.77. The summed E-state index contributed by atoms with van der Waals surface area (Å²) in [6.07, 6.45) is 3.32. The SMILES string of the molecule is C=CCn1c(=O)c2cnc(Nc3ccc(OC(C)C)cc3)nc2n1-c1cccc(CN(C)C)n1. The van der Waals surface area contributed by atoms with E-state index in [1.807, 2.05) is 75.3 Å². The van der Waals surface area contributed by atoms with Gasteiger partial charge < -0.3 is 15.0 Å². The lowest BCUT2D eigenvalue weighted by Crippen LogP contribution is -2.22. The third kappa shape index (κ3) is 4.99. The van der Waals surface area contributed by atoms with Crippen LogP contribution in [0.2, 0.25) is 0 Å². The van der Waals surface area contributed by atoms with Gasteiger partial charge in [0.15, 0.2) is 11.5 Å². The molecular formula is C25H29N7O2. The van der Waals surface area contributed by atoms with Crippen molar-refractivity contribution >= 4 is 22.7 Å². The fourth-order valence-electron chi connectivity index (χ4n) is 3.62. The lowest BCUT2D eigenvalue weighted by atomic mass is 10.3. The van der Waals surface area contributed by atoms with Crippen LogP contribution in [0.3, 0.4) is 0 Å². The Kier molecular flexibility index (Phi) is 6.74. The van der Waals surface area contributed by atoms with E-state index in [1.165, 1.54) is 0 Å². The van der Waals surface area contributed by atoms with Gasteiger partial charge in [-0.2, -0.15) is 4.98 Å². The van der Waals surface area contributed by atoms with Crippen molar-refractivity contribution < 1.29 is 4.74 Å². The topological polar surface area (TPSA) is 90.1 Å². The quantitative estimate of drug-likeness (QED) is 0.381. The monoisotopic (exact) mass is 459 g/mol. The fourth-order valence-corrected chi connectivity index (χ4v) is 3.62. The number of ether oxygens (including phenoxy) is 1. The second kappa shape index (κ2) is 9.88. The molecule has 0 amide bonds. The minimum atomic E-state index is -0.198. The van der Waals surface area contributed by atoms with Crippen LogP contribution in [0.5, 0.6) is 5.75 Å². The van der Waals surface area contributed by atoms with Crippen molar-refractivity contribution in [3.8, 4) is 11.6 Å². The molecule has 0 saturated carbocycles. The molecule has 1 aromatic carbocycles. The highest BCUT2D eigenvalue weighted by Crippen LogP contribution is 2.21. The lowest BCUT2D eigenvalue weighted by molar-refractivity contribution is 0.242. The first-order valence-electron chi connectivity index (χ1n) is 11.1. The molecule has 0 aliphatic carbocycles. The van der Waals surface area contributed by atoms with E-state index < -0.39 is 0 Å². The molecule has 9 heteroatoms. The highest BCUT2D eigenvalue weighted by atomic mass is 16.5. The zero-order valence-electron chi connectivity index (χ0n) is 19.9. The van der Waals surface area contributed by atoms with E-state index in [2.05, 4.69) is 21.9 Å². The smallest absolute Gasteiger partial charge is 0.278 e. The zero-order chi connectivity index (χ0) is 24.2. The van der Waals surface area contributed by atoms with Crippen LogP contribution in [0.15, 0.2) is 66.1 Å². The third-order valence-electron chi connectivity index (χ3n) is 4.95. The van der Waals surface area contributed by atoms with Gasteiger partial charge in [0, 0.05) is 18.4 Å². The van der Waals surface area contributed by atoms with E-state index in [9.17, 15) is 4.79 Å². The number of aromatic nitrogens is 5. The number of nitrogens with one attached hydrogen (secondary N) is 1. The summed E-state index contributed by atoms with van der Waals surface area (Å²) in [5, 5.41) is 3.61. The van der Waals surface area contributed by atoms with Crippen molar-refractivity contribution in [3.63, 3.8) is 0 Å². The number of benzene rings is 1. The molecule has 176 valence electrons. The van der Waals surface area contributed by atoms with Gasteiger partial charge in [0.2, 0.25) is 5.95 Å². The number of nitrogens with zero attached hydrogens (tertiary/aromatic N) is 6. The summed E-state index contributed by atoms with van der Waals surface area (Å²) in [7, 11) is 3.97. The molecule has 9 nitrogen and oxygen atoms in total. The summed E-state index contributed by atoms with van der Waals surface area (Å²) in [6.45, 7) is 8.76. The number of fused-ring (bicyclic) bond motifs is 1. The van der Waals surface area contributed by atoms with E-state index >= 15 is 0 Å². The molecule has 0 aliphatic heterocycles. The Hall–Kier alpha value is -3.98. The number of pyridine rings is 1. The van der Waals surface area contributed by atoms with Gasteiger partial charge in [0.25, 0.3) is 5.56 Å². The summed E-state index contributed by atoms with van der Waals surface area (Å²) >= 11 is 0. The van der Waals surface area contributed by atoms with Gasteiger partial charge in [-0.05, 0) is 64.3 Å². The molecule has 34 heavy (non-hydrogen) atoms. The second-order valence-corrected chi connectivity index (χ2v) is 8.46. The zero-order valence-corrected chi connectivity index (χ0v) is 19.9. The van der Waals surface area contributed by atoms with E-state index in [1.54, 1.807) is 21.6 Å². The van der Waals surface area contributed by atoms with Crippen molar-refractivity contribution in [2.75, 3.05) is 19.4 Å². The minimum absolute atomic E-state index is 0.103. The summed E-state index contributed by atoms with van der Waals surface area (Å²) in [5.41, 5.74) is 1.97. The average Bonchev–Trinajstić information content (AvgIpc) is 3.06. The molecule has 3 heterocycles. The van der Waals surface area contributed by atoms with E-state index in [4.69, 9.17) is 9.72 Å². The van der Waals surface area contributed by atoms with Crippen molar-refractivity contribution in [2.24, 2.45) is 0 Å². The maximum atomic E-state index is 13.1. The highest BCUT2D eigenvalue weighted by molar-refractivity contribution is 5.77. The van der Waals surface area contributed by atoms with Crippen molar-refractivity contribution in [1.29, 1.82) is 0 Å². The van der Waals surface area contributed by atoms with E-state index in [-0.39, 0.29) is 11.7 Å². The predicted octanol–water partition coefficient (Wildman–Crippen LogP) is 3.76. The van der Waals surface area contributed by atoms with Crippen LogP contribution in [0.25, 0.3) is 16.9 Å². The van der Waals surface area contributed by atoms with Crippen LogP contribution in [-0.2, 0) is 13.1 Å². The molecule has 4 rings (SSSR count). The molecule has 0 bridgehead atoms. The van der Waals surface area contributed by atoms with Crippen molar-refractivity contribution in [2.45, 2.75) is 33.0 Å². The third-order valence-corrected chi connectivity index (χ3v) is 4.95. The van der Waals surface area contributed by atoms with E-state index in [0.717, 1.165) is 17.1 Å². The van der Waals surface area contributed by atoms with Crippen LogP contribution >= 0.6 is 0 Å². The van der Waals surface area contributed by atoms with Crippen LogP contribution < -0.4 is 15.6 Å².